The Morgan fingerprint density at radius 3 is 2.69 bits per heavy atom. The second kappa shape index (κ2) is 7.67. The molecule has 0 aliphatic rings. The van der Waals surface area contributed by atoms with Gasteiger partial charge in [0, 0.05) is 22.0 Å². The lowest BCUT2D eigenvalue weighted by Crippen LogP contribution is -2.41. The molecule has 26 heavy (non-hydrogen) atoms. The number of aliphatic hydroxyl groups is 1. The first kappa shape index (κ1) is 19.3. The van der Waals surface area contributed by atoms with Crippen molar-refractivity contribution >= 4 is 44.3 Å². The first-order valence-electron chi connectivity index (χ1n) is 7.49. The van der Waals surface area contributed by atoms with Crippen LogP contribution >= 0.6 is 34.3 Å². The zero-order valence-electron chi connectivity index (χ0n) is 13.7. The van der Waals surface area contributed by atoms with E-state index in [1.807, 2.05) is 16.8 Å². The molecular formula is C17H16ClNO4S3. The van der Waals surface area contributed by atoms with Crippen molar-refractivity contribution < 1.29 is 18.3 Å². The Bertz CT molecular complexity index is 935. The van der Waals surface area contributed by atoms with Crippen molar-refractivity contribution in [1.82, 2.24) is 4.72 Å². The van der Waals surface area contributed by atoms with Gasteiger partial charge < -0.3 is 9.84 Å². The topological polar surface area (TPSA) is 75.6 Å². The maximum absolute atomic E-state index is 12.8. The Labute approximate surface area is 164 Å². The molecule has 1 aromatic carbocycles. The first-order chi connectivity index (χ1) is 12.4. The molecule has 0 aliphatic carbocycles. The molecule has 2 heterocycles. The number of nitrogens with one attached hydrogen (secondary N) is 1. The normalized spacial score (nSPS) is 14.1. The minimum Gasteiger partial charge on any atom is -0.495 e. The van der Waals surface area contributed by atoms with Gasteiger partial charge in [-0.05, 0) is 46.5 Å². The first-order valence-corrected chi connectivity index (χ1v) is 11.2. The number of methoxy groups -OCH3 is 1. The third-order valence-corrected chi connectivity index (χ3v) is 7.22. The summed E-state index contributed by atoms with van der Waals surface area (Å²) in [5.41, 5.74) is -0.835. The average molecular weight is 430 g/mol. The summed E-state index contributed by atoms with van der Waals surface area (Å²) in [6.45, 7) is -0.220. The second-order valence-corrected chi connectivity index (χ2v) is 9.37. The third-order valence-electron chi connectivity index (χ3n) is 3.86. The van der Waals surface area contributed by atoms with Crippen LogP contribution in [0.5, 0.6) is 5.75 Å². The van der Waals surface area contributed by atoms with E-state index < -0.39 is 15.6 Å². The Morgan fingerprint density at radius 1 is 1.27 bits per heavy atom. The van der Waals surface area contributed by atoms with Crippen LogP contribution in [0, 0.1) is 0 Å². The van der Waals surface area contributed by atoms with Crippen LogP contribution in [0.25, 0.3) is 0 Å². The summed E-state index contributed by atoms with van der Waals surface area (Å²) in [4.78, 5) is 0.572. The van der Waals surface area contributed by atoms with Crippen LogP contribution in [-0.4, -0.2) is 27.2 Å². The monoisotopic (exact) mass is 429 g/mol. The number of thiophene rings is 2. The van der Waals surface area contributed by atoms with Crippen LogP contribution in [0.4, 0.5) is 0 Å². The zero-order valence-corrected chi connectivity index (χ0v) is 16.9. The van der Waals surface area contributed by atoms with E-state index >= 15 is 0 Å². The summed E-state index contributed by atoms with van der Waals surface area (Å²) in [5, 5.41) is 17.0. The van der Waals surface area contributed by atoms with Crippen LogP contribution in [0.3, 0.4) is 0 Å². The number of hydrogen-bond donors (Lipinski definition) is 2. The Kier molecular flexibility index (Phi) is 5.71. The number of ether oxygens (including phenoxy) is 1. The fourth-order valence-corrected chi connectivity index (χ4v) is 5.54. The molecule has 5 nitrogen and oxygen atoms in total. The largest absolute Gasteiger partial charge is 0.495 e. The van der Waals surface area contributed by atoms with Gasteiger partial charge in [0.05, 0.1) is 7.11 Å². The van der Waals surface area contributed by atoms with Gasteiger partial charge in [-0.3, -0.25) is 0 Å². The number of rotatable bonds is 7. The SMILES string of the molecule is COc1ccc(Cl)cc1S(=O)(=O)NC[C@@](O)(c1ccsc1)c1cccs1. The van der Waals surface area contributed by atoms with Crippen molar-refractivity contribution in [2.45, 2.75) is 10.5 Å². The molecule has 0 bridgehead atoms. The van der Waals surface area contributed by atoms with Crippen LogP contribution in [0.15, 0.2) is 57.4 Å². The highest BCUT2D eigenvalue weighted by molar-refractivity contribution is 7.89. The molecule has 0 amide bonds. The fraction of sp³-hybridized carbons (Fsp3) is 0.176. The highest BCUT2D eigenvalue weighted by atomic mass is 35.5. The molecule has 1 atom stereocenters. The van der Waals surface area contributed by atoms with E-state index in [-0.39, 0.29) is 22.2 Å². The van der Waals surface area contributed by atoms with Crippen molar-refractivity contribution in [2.75, 3.05) is 13.7 Å². The van der Waals surface area contributed by atoms with Gasteiger partial charge in [0.2, 0.25) is 10.0 Å². The standard InChI is InChI=1S/C17H16ClNO4S3/c1-23-14-5-4-13(18)9-15(14)26(21,22)19-11-17(20,12-6-8-24-10-12)16-3-2-7-25-16/h2-10,19-20H,11H2,1H3/t17-/m1/s1. The number of halogens is 1. The maximum atomic E-state index is 12.8. The highest BCUT2D eigenvalue weighted by Crippen LogP contribution is 2.34. The van der Waals surface area contributed by atoms with Gasteiger partial charge in [0.1, 0.15) is 16.2 Å². The van der Waals surface area contributed by atoms with E-state index in [1.165, 1.54) is 41.9 Å². The molecule has 0 aliphatic heterocycles. The number of sulfonamides is 1. The van der Waals surface area contributed by atoms with Crippen molar-refractivity contribution in [3.05, 3.63) is 68.0 Å². The van der Waals surface area contributed by atoms with E-state index in [0.717, 1.165) is 0 Å². The van der Waals surface area contributed by atoms with Crippen LogP contribution in [0.2, 0.25) is 5.02 Å². The van der Waals surface area contributed by atoms with Crippen molar-refractivity contribution in [3.63, 3.8) is 0 Å². The lowest BCUT2D eigenvalue weighted by molar-refractivity contribution is 0.0903. The van der Waals surface area contributed by atoms with Crippen LogP contribution in [-0.2, 0) is 15.6 Å². The zero-order chi connectivity index (χ0) is 18.8. The lowest BCUT2D eigenvalue weighted by atomic mass is 9.95. The molecule has 0 fully saturated rings. The summed E-state index contributed by atoms with van der Waals surface area (Å²) < 4.78 is 33.2. The second-order valence-electron chi connectivity index (χ2n) is 5.47. The predicted octanol–water partition coefficient (Wildman–Crippen LogP) is 3.69. The Balaban J connectivity index is 1.94. The fourth-order valence-electron chi connectivity index (χ4n) is 2.48. The summed E-state index contributed by atoms with van der Waals surface area (Å²) >= 11 is 8.73. The van der Waals surface area contributed by atoms with Gasteiger partial charge in [0.25, 0.3) is 0 Å². The molecule has 9 heteroatoms. The summed E-state index contributed by atoms with van der Waals surface area (Å²) in [6.07, 6.45) is 0. The van der Waals surface area contributed by atoms with Gasteiger partial charge in [-0.15, -0.1) is 11.3 Å². The van der Waals surface area contributed by atoms with Gasteiger partial charge in [-0.2, -0.15) is 11.3 Å². The molecule has 138 valence electrons. The van der Waals surface area contributed by atoms with Gasteiger partial charge in [0.15, 0.2) is 0 Å². The molecule has 0 spiro atoms. The number of benzene rings is 1. The molecule has 3 rings (SSSR count). The summed E-state index contributed by atoms with van der Waals surface area (Å²) in [7, 11) is -2.57. The molecule has 3 aromatic rings. The summed E-state index contributed by atoms with van der Waals surface area (Å²) in [6, 6.07) is 9.71. The van der Waals surface area contributed by atoms with Crippen LogP contribution < -0.4 is 9.46 Å². The van der Waals surface area contributed by atoms with E-state index in [9.17, 15) is 13.5 Å². The van der Waals surface area contributed by atoms with Crippen molar-refractivity contribution in [1.29, 1.82) is 0 Å². The van der Waals surface area contributed by atoms with E-state index in [4.69, 9.17) is 16.3 Å². The number of hydrogen-bond acceptors (Lipinski definition) is 6. The molecule has 0 unspecified atom stereocenters. The van der Waals surface area contributed by atoms with Gasteiger partial charge in [-0.25, -0.2) is 13.1 Å². The Morgan fingerprint density at radius 2 is 2.08 bits per heavy atom. The Hall–Kier alpha value is -1.42. The average Bonchev–Trinajstić information content (AvgIpc) is 3.33. The predicted molar refractivity (Wildman–Crippen MR) is 105 cm³/mol. The van der Waals surface area contributed by atoms with Crippen molar-refractivity contribution in [2.24, 2.45) is 0 Å². The van der Waals surface area contributed by atoms with Gasteiger partial charge in [-0.1, -0.05) is 17.7 Å². The minimum absolute atomic E-state index is 0.0775. The van der Waals surface area contributed by atoms with E-state index in [2.05, 4.69) is 4.72 Å². The maximum Gasteiger partial charge on any atom is 0.244 e. The lowest BCUT2D eigenvalue weighted by Gasteiger charge is -2.27. The quantitative estimate of drug-likeness (QED) is 0.600. The molecule has 0 radical (unpaired) electrons. The van der Waals surface area contributed by atoms with Crippen molar-refractivity contribution in [3.8, 4) is 5.75 Å². The molecule has 0 saturated heterocycles. The van der Waals surface area contributed by atoms with Crippen LogP contribution in [0.1, 0.15) is 10.4 Å². The molecule has 2 aromatic heterocycles. The van der Waals surface area contributed by atoms with Gasteiger partial charge >= 0.3 is 0 Å². The van der Waals surface area contributed by atoms with E-state index in [0.29, 0.717) is 10.4 Å². The third kappa shape index (κ3) is 3.80. The smallest absolute Gasteiger partial charge is 0.244 e. The molecular weight excluding hydrogens is 414 g/mol. The summed E-state index contributed by atoms with van der Waals surface area (Å²) in [5.74, 6) is 0.178. The highest BCUT2D eigenvalue weighted by Gasteiger charge is 2.35. The minimum atomic E-state index is -3.95. The molecule has 2 N–H and O–H groups in total. The van der Waals surface area contributed by atoms with E-state index in [1.54, 1.807) is 23.6 Å². The molecule has 0 saturated carbocycles.